The third kappa shape index (κ3) is 5.96. The second kappa shape index (κ2) is 13.6. The summed E-state index contributed by atoms with van der Waals surface area (Å²) in [6.45, 7) is 10.3. The Morgan fingerprint density at radius 1 is 1.00 bits per heavy atom. The molecule has 1 amide bonds. The van der Waals surface area contributed by atoms with Crippen molar-refractivity contribution in [3.8, 4) is 22.1 Å². The lowest BCUT2D eigenvalue weighted by Gasteiger charge is -2.17. The first kappa shape index (κ1) is 33.2. The number of ether oxygens (including phenoxy) is 1. The van der Waals surface area contributed by atoms with E-state index in [2.05, 4.69) is 35.9 Å². The van der Waals surface area contributed by atoms with E-state index in [-0.39, 0.29) is 17.4 Å². The van der Waals surface area contributed by atoms with Gasteiger partial charge in [0.1, 0.15) is 10.8 Å². The minimum Gasteiger partial charge on any atom is -0.496 e. The summed E-state index contributed by atoms with van der Waals surface area (Å²) in [6, 6.07) is 23.1. The Morgan fingerprint density at radius 2 is 1.74 bits per heavy atom. The van der Waals surface area contributed by atoms with Gasteiger partial charge in [0.05, 0.1) is 29.8 Å². The molecule has 1 N–H and O–H groups in total. The van der Waals surface area contributed by atoms with Crippen LogP contribution in [-0.4, -0.2) is 33.5 Å². The largest absolute Gasteiger partial charge is 0.496 e. The molecule has 0 saturated carbocycles. The zero-order valence-corrected chi connectivity index (χ0v) is 30.1. The molecule has 0 atom stereocenters. The molecule has 0 unspecified atom stereocenters. The number of benzene rings is 3. The van der Waals surface area contributed by atoms with Gasteiger partial charge in [-0.1, -0.05) is 44.2 Å². The number of hydrogen-bond acceptors (Lipinski definition) is 6. The number of anilines is 1. The SMILES string of the molecule is COc1cc(C)c(-c2nc3ccccc3c(=O)n2N=Cc2cc(C)n(-c3sc4c(c3C(=O)Nc3ccccc3)CCCC4)c2C)cc1C(C)C. The van der Waals surface area contributed by atoms with Crippen molar-refractivity contribution in [3.05, 3.63) is 127 Å². The Kier molecular flexibility index (Phi) is 9.01. The first-order valence-corrected chi connectivity index (χ1v) is 17.9. The first-order chi connectivity index (χ1) is 24.2. The van der Waals surface area contributed by atoms with E-state index in [4.69, 9.17) is 14.8 Å². The third-order valence-electron chi connectivity index (χ3n) is 9.59. The lowest BCUT2D eigenvalue weighted by Crippen LogP contribution is -2.21. The van der Waals surface area contributed by atoms with E-state index >= 15 is 0 Å². The lowest BCUT2D eigenvalue weighted by atomic mass is 9.95. The molecule has 0 saturated heterocycles. The Labute approximate surface area is 296 Å². The van der Waals surface area contributed by atoms with Crippen LogP contribution in [0.15, 0.2) is 82.7 Å². The van der Waals surface area contributed by atoms with Gasteiger partial charge in [0.25, 0.3) is 11.5 Å². The van der Waals surface area contributed by atoms with Crippen LogP contribution in [0.25, 0.3) is 27.3 Å². The number of amides is 1. The maximum Gasteiger partial charge on any atom is 0.282 e. The highest BCUT2D eigenvalue weighted by molar-refractivity contribution is 7.15. The highest BCUT2D eigenvalue weighted by Crippen LogP contribution is 2.39. The Bertz CT molecular complexity index is 2350. The molecule has 1 aliphatic rings. The maximum absolute atomic E-state index is 14.1. The van der Waals surface area contributed by atoms with Gasteiger partial charge in [-0.3, -0.25) is 9.59 Å². The van der Waals surface area contributed by atoms with Gasteiger partial charge in [0, 0.05) is 33.1 Å². The summed E-state index contributed by atoms with van der Waals surface area (Å²) in [6.07, 6.45) is 5.79. The van der Waals surface area contributed by atoms with Crippen LogP contribution in [-0.2, 0) is 12.8 Å². The fraction of sp³-hybridized carbons (Fsp3) is 0.268. The molecule has 3 heterocycles. The molecule has 0 radical (unpaired) electrons. The highest BCUT2D eigenvalue weighted by atomic mass is 32.1. The zero-order chi connectivity index (χ0) is 35.1. The molecule has 0 aliphatic heterocycles. The number of hydrogen-bond donors (Lipinski definition) is 1. The maximum atomic E-state index is 14.1. The molecule has 254 valence electrons. The van der Waals surface area contributed by atoms with E-state index in [1.807, 2.05) is 75.4 Å². The predicted molar refractivity (Wildman–Crippen MR) is 204 cm³/mol. The van der Waals surface area contributed by atoms with Gasteiger partial charge in [-0.15, -0.1) is 11.3 Å². The van der Waals surface area contributed by atoms with Crippen molar-refractivity contribution in [2.24, 2.45) is 5.10 Å². The van der Waals surface area contributed by atoms with Gasteiger partial charge in [-0.2, -0.15) is 9.78 Å². The van der Waals surface area contributed by atoms with E-state index in [1.54, 1.807) is 30.7 Å². The van der Waals surface area contributed by atoms with Crippen LogP contribution in [0.3, 0.4) is 0 Å². The Balaban J connectivity index is 1.35. The molecule has 50 heavy (non-hydrogen) atoms. The van der Waals surface area contributed by atoms with Gasteiger partial charge in [0.15, 0.2) is 5.82 Å². The summed E-state index contributed by atoms with van der Waals surface area (Å²) in [7, 11) is 1.68. The summed E-state index contributed by atoms with van der Waals surface area (Å²) in [5, 5.41) is 9.39. The normalized spacial score (nSPS) is 12.9. The molecule has 7 rings (SSSR count). The van der Waals surface area contributed by atoms with E-state index in [0.29, 0.717) is 16.7 Å². The molecular formula is C41H41N5O3S. The molecule has 0 fully saturated rings. The fourth-order valence-corrected chi connectivity index (χ4v) is 8.48. The first-order valence-electron chi connectivity index (χ1n) is 17.1. The molecule has 3 aromatic carbocycles. The van der Waals surface area contributed by atoms with Crippen LogP contribution in [0.4, 0.5) is 5.69 Å². The second-order valence-corrected chi connectivity index (χ2v) is 14.3. The molecule has 8 nitrogen and oxygen atoms in total. The van der Waals surface area contributed by atoms with Gasteiger partial charge in [0.2, 0.25) is 0 Å². The number of carbonyl (C=O) groups excluding carboxylic acids is 1. The average Bonchev–Trinajstić information content (AvgIpc) is 3.63. The molecule has 0 spiro atoms. The van der Waals surface area contributed by atoms with E-state index in [1.165, 1.54) is 9.55 Å². The van der Waals surface area contributed by atoms with Crippen molar-refractivity contribution in [1.82, 2.24) is 14.2 Å². The van der Waals surface area contributed by atoms with Gasteiger partial charge < -0.3 is 14.6 Å². The van der Waals surface area contributed by atoms with Crippen LogP contribution in [0.5, 0.6) is 5.75 Å². The number of para-hydroxylation sites is 2. The van der Waals surface area contributed by atoms with Crippen molar-refractivity contribution < 1.29 is 9.53 Å². The quantitative estimate of drug-likeness (QED) is 0.162. The topological polar surface area (TPSA) is 90.5 Å². The summed E-state index contributed by atoms with van der Waals surface area (Å²) in [5.74, 6) is 1.37. The van der Waals surface area contributed by atoms with Crippen molar-refractivity contribution in [1.29, 1.82) is 0 Å². The smallest absolute Gasteiger partial charge is 0.282 e. The van der Waals surface area contributed by atoms with Crippen LogP contribution in [0.1, 0.15) is 81.5 Å². The number of fused-ring (bicyclic) bond motifs is 2. The molecule has 0 bridgehead atoms. The zero-order valence-electron chi connectivity index (χ0n) is 29.3. The fourth-order valence-electron chi connectivity index (χ4n) is 6.98. The van der Waals surface area contributed by atoms with E-state index < -0.39 is 0 Å². The lowest BCUT2D eigenvalue weighted by molar-refractivity contribution is 0.102. The van der Waals surface area contributed by atoms with Gasteiger partial charge in [-0.25, -0.2) is 4.98 Å². The number of nitrogens with zero attached hydrogens (tertiary/aromatic N) is 4. The van der Waals surface area contributed by atoms with E-state index in [0.717, 1.165) is 86.9 Å². The average molecular weight is 684 g/mol. The minimum absolute atomic E-state index is 0.0950. The molecule has 3 aromatic heterocycles. The molecule has 1 aliphatic carbocycles. The number of rotatable bonds is 8. The Morgan fingerprint density at radius 3 is 2.50 bits per heavy atom. The minimum atomic E-state index is -0.247. The van der Waals surface area contributed by atoms with Gasteiger partial charge in [-0.05, 0) is 112 Å². The molecule has 9 heteroatoms. The van der Waals surface area contributed by atoms with E-state index in [9.17, 15) is 9.59 Å². The van der Waals surface area contributed by atoms with Crippen LogP contribution in [0, 0.1) is 20.8 Å². The third-order valence-corrected chi connectivity index (χ3v) is 10.9. The number of aromatic nitrogens is 3. The number of thiophene rings is 1. The number of methoxy groups -OCH3 is 1. The van der Waals surface area contributed by atoms with Crippen molar-refractivity contribution in [2.75, 3.05) is 12.4 Å². The van der Waals surface area contributed by atoms with Crippen LogP contribution < -0.4 is 15.6 Å². The van der Waals surface area contributed by atoms with Crippen molar-refractivity contribution in [2.45, 2.75) is 66.2 Å². The highest BCUT2D eigenvalue weighted by Gasteiger charge is 2.28. The monoisotopic (exact) mass is 683 g/mol. The summed E-state index contributed by atoms with van der Waals surface area (Å²) >= 11 is 1.70. The number of carbonyl (C=O) groups is 1. The number of aryl methyl sites for hydroxylation is 3. The van der Waals surface area contributed by atoms with Gasteiger partial charge >= 0.3 is 0 Å². The molecular weight excluding hydrogens is 643 g/mol. The number of nitrogens with one attached hydrogen (secondary N) is 1. The summed E-state index contributed by atoms with van der Waals surface area (Å²) in [4.78, 5) is 34.3. The summed E-state index contributed by atoms with van der Waals surface area (Å²) in [5.41, 5.74) is 8.57. The van der Waals surface area contributed by atoms with Crippen LogP contribution in [0.2, 0.25) is 0 Å². The standard InChI is InChI=1S/C41H41N5O3S/c1-24(2)32-22-33(25(3)20-35(32)49-6)38-44-34-18-12-10-16-30(34)40(48)46(38)42-23-28-21-26(4)45(27(28)5)41-37(31-17-11-13-19-36(31)50-41)39(47)43-29-14-8-7-9-15-29/h7-10,12,14-16,18,20-24H,11,13,17,19H2,1-6H3,(H,43,47). The predicted octanol–water partition coefficient (Wildman–Crippen LogP) is 8.99. The van der Waals surface area contributed by atoms with Crippen molar-refractivity contribution >= 4 is 40.0 Å². The Hall–Kier alpha value is -5.28. The van der Waals surface area contributed by atoms with Crippen LogP contribution >= 0.6 is 11.3 Å². The molecule has 6 aromatic rings. The van der Waals surface area contributed by atoms with Crippen molar-refractivity contribution in [3.63, 3.8) is 0 Å². The summed E-state index contributed by atoms with van der Waals surface area (Å²) < 4.78 is 9.28. The second-order valence-electron chi connectivity index (χ2n) is 13.3.